The number of rotatable bonds is 1. The van der Waals surface area contributed by atoms with E-state index >= 15 is 0 Å². The largest absolute Gasteiger partial charge is 0.397 e. The van der Waals surface area contributed by atoms with Gasteiger partial charge in [0.25, 0.3) is 11.8 Å². The monoisotopic (exact) mass is 350 g/mol. The third kappa shape index (κ3) is 1.82. The summed E-state index contributed by atoms with van der Waals surface area (Å²) >= 11 is 9.27. The molecule has 3 rings (SSSR count). The number of anilines is 2. The van der Waals surface area contributed by atoms with E-state index < -0.39 is 11.8 Å². The third-order valence-corrected chi connectivity index (χ3v) is 4.30. The molecule has 0 unspecified atom stereocenters. The molecule has 0 saturated carbocycles. The van der Waals surface area contributed by atoms with Crippen molar-refractivity contribution in [1.29, 1.82) is 0 Å². The smallest absolute Gasteiger partial charge is 0.266 e. The molecule has 0 aromatic heterocycles. The number of hydrogen-bond donors (Lipinski definition) is 1. The number of nitrogens with zero attached hydrogens (tertiary/aromatic N) is 1. The number of nitrogens with two attached hydrogens (primary N) is 1. The molecule has 0 atom stereocenters. The third-order valence-electron chi connectivity index (χ3n) is 3.10. The van der Waals surface area contributed by atoms with Gasteiger partial charge in [0.1, 0.15) is 0 Å². The van der Waals surface area contributed by atoms with Crippen molar-refractivity contribution in [3.8, 4) is 0 Å². The summed E-state index contributed by atoms with van der Waals surface area (Å²) < 4.78 is 0.608. The molecular weight excluding hydrogens is 344 g/mol. The molecule has 0 spiro atoms. The molecule has 2 aromatic rings. The zero-order chi connectivity index (χ0) is 14.4. The van der Waals surface area contributed by atoms with Crippen LogP contribution in [-0.4, -0.2) is 11.8 Å². The highest BCUT2D eigenvalue weighted by Crippen LogP contribution is 2.37. The lowest BCUT2D eigenvalue weighted by molar-refractivity contribution is 0.0926. The van der Waals surface area contributed by atoms with Crippen LogP contribution in [0.15, 0.2) is 40.9 Å². The summed E-state index contributed by atoms with van der Waals surface area (Å²) in [5.74, 6) is -0.786. The van der Waals surface area contributed by atoms with E-state index in [-0.39, 0.29) is 0 Å². The van der Waals surface area contributed by atoms with Crippen LogP contribution in [0.2, 0.25) is 5.02 Å². The minimum atomic E-state index is -0.393. The molecule has 0 saturated heterocycles. The number of fused-ring (bicyclic) bond motifs is 1. The van der Waals surface area contributed by atoms with Gasteiger partial charge in [-0.25, -0.2) is 4.90 Å². The number of imide groups is 1. The van der Waals surface area contributed by atoms with Gasteiger partial charge in [-0.05, 0) is 40.2 Å². The summed E-state index contributed by atoms with van der Waals surface area (Å²) in [6, 6.07) is 9.74. The predicted octanol–water partition coefficient (Wildman–Crippen LogP) is 3.49. The molecule has 4 nitrogen and oxygen atoms in total. The highest BCUT2D eigenvalue weighted by molar-refractivity contribution is 9.10. The average Bonchev–Trinajstić information content (AvgIpc) is 2.68. The maximum absolute atomic E-state index is 12.4. The molecule has 0 radical (unpaired) electrons. The van der Waals surface area contributed by atoms with Crippen LogP contribution in [0, 0.1) is 0 Å². The first-order valence-electron chi connectivity index (χ1n) is 5.73. The predicted molar refractivity (Wildman–Crippen MR) is 81.1 cm³/mol. The Labute approximate surface area is 128 Å². The minimum Gasteiger partial charge on any atom is -0.397 e. The summed E-state index contributed by atoms with van der Waals surface area (Å²) in [7, 11) is 0. The first kappa shape index (κ1) is 13.1. The summed E-state index contributed by atoms with van der Waals surface area (Å²) in [4.78, 5) is 25.8. The van der Waals surface area contributed by atoms with Gasteiger partial charge < -0.3 is 5.73 Å². The van der Waals surface area contributed by atoms with Crippen LogP contribution in [-0.2, 0) is 0 Å². The summed E-state index contributed by atoms with van der Waals surface area (Å²) in [5, 5.41) is 0.380. The van der Waals surface area contributed by atoms with Gasteiger partial charge >= 0.3 is 0 Å². The maximum Gasteiger partial charge on any atom is 0.266 e. The molecule has 0 aliphatic carbocycles. The van der Waals surface area contributed by atoms with Gasteiger partial charge in [-0.1, -0.05) is 23.7 Å². The summed E-state index contributed by atoms with van der Waals surface area (Å²) in [6.07, 6.45) is 0. The van der Waals surface area contributed by atoms with Crippen molar-refractivity contribution in [1.82, 2.24) is 0 Å². The zero-order valence-electron chi connectivity index (χ0n) is 10.1. The van der Waals surface area contributed by atoms with Crippen LogP contribution in [0.3, 0.4) is 0 Å². The van der Waals surface area contributed by atoms with E-state index in [4.69, 9.17) is 17.3 Å². The second-order valence-corrected chi connectivity index (χ2v) is 5.58. The fourth-order valence-corrected chi connectivity index (χ4v) is 2.67. The van der Waals surface area contributed by atoms with Gasteiger partial charge in [-0.2, -0.15) is 0 Å². The Bertz CT molecular complexity index is 726. The molecule has 2 amide bonds. The zero-order valence-corrected chi connectivity index (χ0v) is 12.4. The number of nitrogen functional groups attached to an aromatic ring is 1. The van der Waals surface area contributed by atoms with E-state index in [0.29, 0.717) is 32.0 Å². The van der Waals surface area contributed by atoms with Crippen molar-refractivity contribution < 1.29 is 9.59 Å². The van der Waals surface area contributed by atoms with E-state index in [1.807, 2.05) is 0 Å². The minimum absolute atomic E-state index is 0.296. The number of benzene rings is 2. The molecule has 1 heterocycles. The molecule has 6 heteroatoms. The van der Waals surface area contributed by atoms with E-state index in [9.17, 15) is 9.59 Å². The molecule has 2 N–H and O–H groups in total. The van der Waals surface area contributed by atoms with Gasteiger partial charge in [0.15, 0.2) is 0 Å². The second kappa shape index (κ2) is 4.61. The average molecular weight is 352 g/mol. The second-order valence-electron chi connectivity index (χ2n) is 4.32. The highest BCUT2D eigenvalue weighted by atomic mass is 79.9. The highest BCUT2D eigenvalue weighted by Gasteiger charge is 2.37. The Morgan fingerprint density at radius 1 is 1.05 bits per heavy atom. The number of halogens is 2. The van der Waals surface area contributed by atoms with Crippen LogP contribution in [0.4, 0.5) is 11.4 Å². The van der Waals surface area contributed by atoms with Gasteiger partial charge in [-0.3, -0.25) is 9.59 Å². The van der Waals surface area contributed by atoms with Gasteiger partial charge in [0.2, 0.25) is 0 Å². The molecule has 0 fully saturated rings. The summed E-state index contributed by atoms with van der Waals surface area (Å²) in [5.41, 5.74) is 7.23. The Morgan fingerprint density at radius 2 is 1.60 bits per heavy atom. The Balaban J connectivity index is 2.17. The number of hydrogen-bond acceptors (Lipinski definition) is 3. The molecule has 20 heavy (non-hydrogen) atoms. The number of carbonyl (C=O) groups is 2. The number of carbonyl (C=O) groups excluding carboxylic acids is 2. The molecule has 0 bridgehead atoms. The fraction of sp³-hybridized carbons (Fsp3) is 0. The maximum atomic E-state index is 12.4. The SMILES string of the molecule is Nc1cc(Br)c(Cl)cc1N1C(=O)c2ccccc2C1=O. The van der Waals surface area contributed by atoms with Crippen molar-refractivity contribution in [2.45, 2.75) is 0 Å². The van der Waals surface area contributed by atoms with Gasteiger partial charge in [0.05, 0.1) is 27.5 Å². The lowest BCUT2D eigenvalue weighted by Gasteiger charge is -2.17. The van der Waals surface area contributed by atoms with E-state index in [1.165, 1.54) is 6.07 Å². The fourth-order valence-electron chi connectivity index (χ4n) is 2.15. The van der Waals surface area contributed by atoms with E-state index in [2.05, 4.69) is 15.9 Å². The van der Waals surface area contributed by atoms with Crippen molar-refractivity contribution in [2.75, 3.05) is 10.6 Å². The van der Waals surface area contributed by atoms with Gasteiger partial charge in [0, 0.05) is 4.47 Å². The van der Waals surface area contributed by atoms with Crippen LogP contribution >= 0.6 is 27.5 Å². The van der Waals surface area contributed by atoms with Crippen LogP contribution in [0.25, 0.3) is 0 Å². The molecule has 2 aromatic carbocycles. The number of amides is 2. The Kier molecular flexibility index (Phi) is 3.03. The summed E-state index contributed by atoms with van der Waals surface area (Å²) in [6.45, 7) is 0. The quantitative estimate of drug-likeness (QED) is 0.632. The van der Waals surface area contributed by atoms with Gasteiger partial charge in [-0.15, -0.1) is 0 Å². The van der Waals surface area contributed by atoms with Crippen molar-refractivity contribution in [3.63, 3.8) is 0 Å². The molecule has 1 aliphatic rings. The van der Waals surface area contributed by atoms with Crippen molar-refractivity contribution in [2.24, 2.45) is 0 Å². The van der Waals surface area contributed by atoms with Crippen molar-refractivity contribution in [3.05, 3.63) is 57.0 Å². The molecular formula is C14H8BrClN2O2. The van der Waals surface area contributed by atoms with Crippen molar-refractivity contribution >= 4 is 50.7 Å². The normalized spacial score (nSPS) is 13.8. The van der Waals surface area contributed by atoms with Crippen LogP contribution < -0.4 is 10.6 Å². The molecule has 1 aliphatic heterocycles. The van der Waals surface area contributed by atoms with E-state index in [1.54, 1.807) is 30.3 Å². The van der Waals surface area contributed by atoms with Crippen LogP contribution in [0.1, 0.15) is 20.7 Å². The molecule has 100 valence electrons. The first-order valence-corrected chi connectivity index (χ1v) is 6.90. The Morgan fingerprint density at radius 3 is 2.15 bits per heavy atom. The van der Waals surface area contributed by atoms with E-state index in [0.717, 1.165) is 4.90 Å². The topological polar surface area (TPSA) is 63.4 Å². The van der Waals surface area contributed by atoms with Crippen LogP contribution in [0.5, 0.6) is 0 Å². The Hall–Kier alpha value is -1.85. The lowest BCUT2D eigenvalue weighted by atomic mass is 10.1. The lowest BCUT2D eigenvalue weighted by Crippen LogP contribution is -2.30. The standard InChI is InChI=1S/C14H8BrClN2O2/c15-9-5-11(17)12(6-10(9)16)18-13(19)7-3-1-2-4-8(7)14(18)20/h1-6H,17H2. The first-order chi connectivity index (χ1) is 9.50.